The molecule has 0 aliphatic rings. The monoisotopic (exact) mass is 278 g/mol. The number of phenolic OH excluding ortho intramolecular Hbond substituents is 2. The highest BCUT2D eigenvalue weighted by Gasteiger charge is 2.14. The number of benzene rings is 1. The van der Waals surface area contributed by atoms with Gasteiger partial charge in [-0.05, 0) is 24.4 Å². The van der Waals surface area contributed by atoms with Crippen LogP contribution in [0.1, 0.15) is 19.1 Å². The van der Waals surface area contributed by atoms with Gasteiger partial charge in [0.2, 0.25) is 0 Å². The molecule has 3 N–H and O–H groups in total. The molecule has 0 radical (unpaired) electrons. The molecule has 2 rings (SSSR count). The van der Waals surface area contributed by atoms with Gasteiger partial charge in [0.05, 0.1) is 12.5 Å². The number of Topliss-reactive ketones (excluding diaryl/α,β-unsaturated/α-hetero) is 1. The van der Waals surface area contributed by atoms with E-state index < -0.39 is 11.7 Å². The van der Waals surface area contributed by atoms with Crippen molar-refractivity contribution in [2.45, 2.75) is 25.9 Å². The minimum Gasteiger partial charge on any atom is -0.508 e. The normalized spacial score (nSPS) is 12.5. The summed E-state index contributed by atoms with van der Waals surface area (Å²) in [6, 6.07) is 3.75. The van der Waals surface area contributed by atoms with Crippen molar-refractivity contribution in [2.24, 2.45) is 0 Å². The molecule has 1 heterocycles. The van der Waals surface area contributed by atoms with Crippen molar-refractivity contribution in [2.75, 3.05) is 0 Å². The molecule has 0 aliphatic heterocycles. The molecule has 0 saturated heterocycles. The first-order valence-corrected chi connectivity index (χ1v) is 6.05. The van der Waals surface area contributed by atoms with E-state index in [1.807, 2.05) is 0 Å². The molecular weight excluding hydrogens is 264 g/mol. The summed E-state index contributed by atoms with van der Waals surface area (Å²) >= 11 is 0. The number of hydrogen-bond acceptors (Lipinski definition) is 6. The van der Waals surface area contributed by atoms with Gasteiger partial charge in [0.1, 0.15) is 28.4 Å². The lowest BCUT2D eigenvalue weighted by Crippen LogP contribution is -2.13. The van der Waals surface area contributed by atoms with Crippen LogP contribution in [0.15, 0.2) is 27.4 Å². The van der Waals surface area contributed by atoms with E-state index in [1.54, 1.807) is 0 Å². The van der Waals surface area contributed by atoms with Crippen molar-refractivity contribution in [1.82, 2.24) is 0 Å². The number of hydrogen-bond donors (Lipinski definition) is 3. The van der Waals surface area contributed by atoms with Crippen molar-refractivity contribution < 1.29 is 24.5 Å². The van der Waals surface area contributed by atoms with Crippen LogP contribution in [-0.2, 0) is 11.2 Å². The summed E-state index contributed by atoms with van der Waals surface area (Å²) in [4.78, 5) is 23.3. The maximum Gasteiger partial charge on any atom is 0.347 e. The third-order valence-corrected chi connectivity index (χ3v) is 2.77. The molecule has 0 bridgehead atoms. The number of rotatable bonds is 4. The van der Waals surface area contributed by atoms with Gasteiger partial charge in [-0.2, -0.15) is 0 Å². The highest BCUT2D eigenvalue weighted by atomic mass is 16.4. The molecule has 1 atom stereocenters. The van der Waals surface area contributed by atoms with Crippen LogP contribution in [0, 0.1) is 0 Å². The zero-order valence-corrected chi connectivity index (χ0v) is 10.8. The van der Waals surface area contributed by atoms with Crippen LogP contribution in [0.5, 0.6) is 11.5 Å². The van der Waals surface area contributed by atoms with Gasteiger partial charge >= 0.3 is 5.63 Å². The van der Waals surface area contributed by atoms with Crippen molar-refractivity contribution in [3.05, 3.63) is 34.4 Å². The maximum atomic E-state index is 11.8. The lowest BCUT2D eigenvalue weighted by Gasteiger charge is -2.05. The van der Waals surface area contributed by atoms with Crippen molar-refractivity contribution >= 4 is 16.6 Å². The lowest BCUT2D eigenvalue weighted by atomic mass is 10.1. The molecule has 0 aliphatic carbocycles. The van der Waals surface area contributed by atoms with Crippen LogP contribution in [-0.4, -0.2) is 27.2 Å². The van der Waals surface area contributed by atoms with E-state index in [1.165, 1.54) is 19.1 Å². The van der Waals surface area contributed by atoms with Crippen LogP contribution < -0.4 is 5.63 Å². The first-order chi connectivity index (χ1) is 9.36. The molecule has 0 unspecified atom stereocenters. The third-order valence-electron chi connectivity index (χ3n) is 2.77. The fourth-order valence-electron chi connectivity index (χ4n) is 2.03. The predicted octanol–water partition coefficient (Wildman–Crippen LogP) is 1.09. The Morgan fingerprint density at radius 1 is 1.30 bits per heavy atom. The highest BCUT2D eigenvalue weighted by Crippen LogP contribution is 2.27. The van der Waals surface area contributed by atoms with Crippen LogP contribution in [0.3, 0.4) is 0 Å². The first-order valence-electron chi connectivity index (χ1n) is 6.05. The summed E-state index contributed by atoms with van der Waals surface area (Å²) in [5.41, 5.74) is -0.778. The number of ketones is 1. The fourth-order valence-corrected chi connectivity index (χ4v) is 2.03. The number of aliphatic hydroxyl groups excluding tert-OH is 1. The highest BCUT2D eigenvalue weighted by molar-refractivity contribution is 5.89. The summed E-state index contributed by atoms with van der Waals surface area (Å²) < 4.78 is 4.96. The predicted molar refractivity (Wildman–Crippen MR) is 70.8 cm³/mol. The molecule has 0 spiro atoms. The SMILES string of the molecule is C[C@H](O)CC(=O)Cc1cc2cc(O)cc(O)c2c(=O)o1. The molecule has 106 valence electrons. The largest absolute Gasteiger partial charge is 0.508 e. The minimum absolute atomic E-state index is 0.0347. The second-order valence-corrected chi connectivity index (χ2v) is 4.70. The summed E-state index contributed by atoms with van der Waals surface area (Å²) in [6.45, 7) is 1.49. The molecule has 1 aromatic heterocycles. The van der Waals surface area contributed by atoms with Crippen molar-refractivity contribution in [3.8, 4) is 11.5 Å². The molecular formula is C14H14O6. The van der Waals surface area contributed by atoms with E-state index in [0.717, 1.165) is 6.07 Å². The molecule has 6 heteroatoms. The molecule has 0 fully saturated rings. The average Bonchev–Trinajstić information content (AvgIpc) is 2.25. The summed E-state index contributed by atoms with van der Waals surface area (Å²) in [6.07, 6.45) is -0.928. The van der Waals surface area contributed by atoms with Gasteiger partial charge in [-0.1, -0.05) is 0 Å². The Morgan fingerprint density at radius 2 is 2.00 bits per heavy atom. The van der Waals surface area contributed by atoms with Crippen LogP contribution >= 0.6 is 0 Å². The second-order valence-electron chi connectivity index (χ2n) is 4.70. The van der Waals surface area contributed by atoms with Gasteiger partial charge in [0.25, 0.3) is 0 Å². The number of fused-ring (bicyclic) bond motifs is 1. The van der Waals surface area contributed by atoms with Crippen LogP contribution in [0.4, 0.5) is 0 Å². The lowest BCUT2D eigenvalue weighted by molar-refractivity contribution is -0.120. The summed E-state index contributed by atoms with van der Waals surface area (Å²) in [5, 5.41) is 28.4. The third kappa shape index (κ3) is 2.97. The van der Waals surface area contributed by atoms with Gasteiger partial charge < -0.3 is 19.7 Å². The van der Waals surface area contributed by atoms with E-state index in [-0.39, 0.29) is 41.3 Å². The molecule has 0 saturated carbocycles. The molecule has 6 nitrogen and oxygen atoms in total. The molecule has 0 amide bonds. The number of carbonyl (C=O) groups is 1. The maximum absolute atomic E-state index is 11.8. The number of phenols is 2. The molecule has 20 heavy (non-hydrogen) atoms. The van der Waals surface area contributed by atoms with E-state index >= 15 is 0 Å². The molecule has 1 aromatic carbocycles. The zero-order chi connectivity index (χ0) is 14.9. The Bertz CT molecular complexity index is 713. The Kier molecular flexibility index (Phi) is 3.76. The topological polar surface area (TPSA) is 108 Å². The van der Waals surface area contributed by atoms with Gasteiger partial charge in [-0.15, -0.1) is 0 Å². The minimum atomic E-state index is -0.778. The Balaban J connectivity index is 2.42. The standard InChI is InChI=1S/C14H14O6/c1-7(15)2-9(16)5-11-4-8-3-10(17)6-12(18)13(8)14(19)20-11/h3-4,6-7,15,17-18H,2,5H2,1H3/t7-/m0/s1. The molecule has 2 aromatic rings. The first kappa shape index (κ1) is 14.1. The second kappa shape index (κ2) is 5.34. The van der Waals surface area contributed by atoms with E-state index in [0.29, 0.717) is 5.39 Å². The smallest absolute Gasteiger partial charge is 0.347 e. The van der Waals surface area contributed by atoms with E-state index in [9.17, 15) is 19.8 Å². The van der Waals surface area contributed by atoms with Gasteiger partial charge in [-0.3, -0.25) is 4.79 Å². The zero-order valence-electron chi connectivity index (χ0n) is 10.8. The average molecular weight is 278 g/mol. The van der Waals surface area contributed by atoms with Crippen molar-refractivity contribution in [3.63, 3.8) is 0 Å². The fraction of sp³-hybridized carbons (Fsp3) is 0.286. The van der Waals surface area contributed by atoms with Gasteiger partial charge in [0, 0.05) is 12.5 Å². The van der Waals surface area contributed by atoms with E-state index in [2.05, 4.69) is 0 Å². The van der Waals surface area contributed by atoms with E-state index in [4.69, 9.17) is 9.52 Å². The Labute approximate surface area is 113 Å². The van der Waals surface area contributed by atoms with Gasteiger partial charge in [0.15, 0.2) is 0 Å². The summed E-state index contributed by atoms with van der Waals surface area (Å²) in [7, 11) is 0. The van der Waals surface area contributed by atoms with Crippen molar-refractivity contribution in [1.29, 1.82) is 0 Å². The Morgan fingerprint density at radius 3 is 2.65 bits per heavy atom. The Hall–Kier alpha value is -2.34. The number of carbonyl (C=O) groups excluding carboxylic acids is 1. The number of aliphatic hydroxyl groups is 1. The van der Waals surface area contributed by atoms with Crippen LogP contribution in [0.25, 0.3) is 10.8 Å². The van der Waals surface area contributed by atoms with Crippen LogP contribution in [0.2, 0.25) is 0 Å². The summed E-state index contributed by atoms with van der Waals surface area (Å²) in [5.74, 6) is -0.720. The quantitative estimate of drug-likeness (QED) is 0.772. The number of aromatic hydroxyl groups is 2. The van der Waals surface area contributed by atoms with Gasteiger partial charge in [-0.25, -0.2) is 4.79 Å².